The monoisotopic (exact) mass is 481 g/mol. The van der Waals surface area contributed by atoms with Crippen LogP contribution >= 0.6 is 15.9 Å². The molecular formula is C22H16BrN3O5. The summed E-state index contributed by atoms with van der Waals surface area (Å²) in [5, 5.41) is 12.2. The van der Waals surface area contributed by atoms with Crippen molar-refractivity contribution in [1.82, 2.24) is 9.88 Å². The number of urea groups is 1. The van der Waals surface area contributed by atoms with Crippen molar-refractivity contribution < 1.29 is 24.3 Å². The zero-order chi connectivity index (χ0) is 22.3. The van der Waals surface area contributed by atoms with Crippen LogP contribution in [-0.2, 0) is 14.4 Å². The molecule has 0 saturated carbocycles. The third-order valence-electron chi connectivity index (χ3n) is 5.02. The predicted octanol–water partition coefficient (Wildman–Crippen LogP) is 3.72. The van der Waals surface area contributed by atoms with E-state index in [1.165, 1.54) is 6.08 Å². The molecule has 1 fully saturated rings. The molecule has 1 aliphatic rings. The second-order valence-electron chi connectivity index (χ2n) is 6.99. The molecule has 1 saturated heterocycles. The van der Waals surface area contributed by atoms with Crippen LogP contribution in [0.4, 0.5) is 10.5 Å². The molecule has 2 aromatic carbocycles. The predicted molar refractivity (Wildman–Crippen MR) is 117 cm³/mol. The number of carbonyl (C=O) groups excluding carboxylic acids is 3. The minimum absolute atomic E-state index is 0.180. The van der Waals surface area contributed by atoms with Gasteiger partial charge in [0.25, 0.3) is 11.8 Å². The quantitative estimate of drug-likeness (QED) is 0.436. The number of halogens is 1. The summed E-state index contributed by atoms with van der Waals surface area (Å²) in [6.45, 7) is 1.58. The number of carbonyl (C=O) groups is 4. The highest BCUT2D eigenvalue weighted by molar-refractivity contribution is 9.10. The fourth-order valence-electron chi connectivity index (χ4n) is 3.38. The standard InChI is InChI=1S/C22H16BrN3O5/c1-12(21(29)30)25-9-8-14-10-13(2-7-18(14)25)11-17-19(27)24-22(31)26(20(17)28)16-5-3-15(23)4-6-16/h2-12H,1H3,(H,29,30)(H,24,27,31)/b17-11+/t12-/m1/s1. The van der Waals surface area contributed by atoms with Crippen molar-refractivity contribution in [2.24, 2.45) is 0 Å². The maximum Gasteiger partial charge on any atom is 0.335 e. The second kappa shape index (κ2) is 7.84. The van der Waals surface area contributed by atoms with E-state index in [1.807, 2.05) is 0 Å². The van der Waals surface area contributed by atoms with Crippen molar-refractivity contribution >= 4 is 62.4 Å². The highest BCUT2D eigenvalue weighted by Gasteiger charge is 2.36. The Bertz CT molecular complexity index is 1280. The summed E-state index contributed by atoms with van der Waals surface area (Å²) in [6.07, 6.45) is 3.08. The third-order valence-corrected chi connectivity index (χ3v) is 5.55. The van der Waals surface area contributed by atoms with Crippen LogP contribution in [0.5, 0.6) is 0 Å². The Morgan fingerprint density at radius 3 is 2.48 bits per heavy atom. The number of rotatable bonds is 4. The van der Waals surface area contributed by atoms with Gasteiger partial charge in [0.05, 0.1) is 5.69 Å². The number of benzene rings is 2. The number of anilines is 1. The number of nitrogens with one attached hydrogen (secondary N) is 1. The number of nitrogens with zero attached hydrogens (tertiary/aromatic N) is 2. The first-order valence-electron chi connectivity index (χ1n) is 9.26. The van der Waals surface area contributed by atoms with Gasteiger partial charge in [-0.1, -0.05) is 22.0 Å². The van der Waals surface area contributed by atoms with Crippen LogP contribution < -0.4 is 10.2 Å². The lowest BCUT2D eigenvalue weighted by Crippen LogP contribution is -2.54. The van der Waals surface area contributed by atoms with Crippen molar-refractivity contribution in [1.29, 1.82) is 0 Å². The number of aromatic nitrogens is 1. The Morgan fingerprint density at radius 1 is 1.10 bits per heavy atom. The fraction of sp³-hybridized carbons (Fsp3) is 0.0909. The first-order chi connectivity index (χ1) is 14.8. The number of imide groups is 2. The SMILES string of the molecule is C[C@H](C(=O)O)n1ccc2cc(/C=C3\C(=O)NC(=O)N(c4ccc(Br)cc4)C3=O)ccc21. The van der Waals surface area contributed by atoms with E-state index in [0.29, 0.717) is 16.8 Å². The number of fused-ring (bicyclic) bond motifs is 1. The lowest BCUT2D eigenvalue weighted by atomic mass is 10.1. The Morgan fingerprint density at radius 2 is 1.81 bits per heavy atom. The Labute approximate surface area is 184 Å². The molecule has 2 heterocycles. The molecule has 2 N–H and O–H groups in total. The Balaban J connectivity index is 1.71. The van der Waals surface area contributed by atoms with Gasteiger partial charge in [-0.2, -0.15) is 0 Å². The molecule has 1 aliphatic heterocycles. The molecule has 1 atom stereocenters. The summed E-state index contributed by atoms with van der Waals surface area (Å²) in [6, 6.07) is 11.9. The first-order valence-corrected chi connectivity index (χ1v) is 10.1. The molecule has 4 rings (SSSR count). The van der Waals surface area contributed by atoms with Crippen molar-refractivity contribution in [3.8, 4) is 0 Å². The molecule has 156 valence electrons. The van der Waals surface area contributed by atoms with Gasteiger partial charge in [0, 0.05) is 21.6 Å². The molecule has 8 nitrogen and oxygen atoms in total. The molecule has 1 aromatic heterocycles. The van der Waals surface area contributed by atoms with E-state index in [1.54, 1.807) is 66.2 Å². The normalized spacial score (nSPS) is 16.6. The van der Waals surface area contributed by atoms with Crippen molar-refractivity contribution in [2.45, 2.75) is 13.0 Å². The number of hydrogen-bond donors (Lipinski definition) is 2. The van der Waals surface area contributed by atoms with E-state index in [4.69, 9.17) is 0 Å². The van der Waals surface area contributed by atoms with Gasteiger partial charge in [-0.05, 0) is 61.0 Å². The molecule has 0 bridgehead atoms. The molecule has 9 heteroatoms. The number of barbiturate groups is 1. The van der Waals surface area contributed by atoms with Crippen molar-refractivity contribution in [3.05, 3.63) is 70.3 Å². The van der Waals surface area contributed by atoms with Crippen LogP contribution in [0, 0.1) is 0 Å². The van der Waals surface area contributed by atoms with Crippen LogP contribution in [0.25, 0.3) is 17.0 Å². The van der Waals surface area contributed by atoms with Gasteiger partial charge in [0.2, 0.25) is 0 Å². The minimum atomic E-state index is -0.953. The van der Waals surface area contributed by atoms with Crippen LogP contribution in [0.3, 0.4) is 0 Å². The smallest absolute Gasteiger partial charge is 0.335 e. The topological polar surface area (TPSA) is 109 Å². The summed E-state index contributed by atoms with van der Waals surface area (Å²) in [5.74, 6) is -2.46. The van der Waals surface area contributed by atoms with E-state index in [-0.39, 0.29) is 5.57 Å². The number of aliphatic carboxylic acids is 1. The zero-order valence-electron chi connectivity index (χ0n) is 16.2. The summed E-state index contributed by atoms with van der Waals surface area (Å²) in [7, 11) is 0. The molecule has 0 unspecified atom stereocenters. The van der Waals surface area contributed by atoms with E-state index < -0.39 is 29.9 Å². The van der Waals surface area contributed by atoms with E-state index in [2.05, 4.69) is 21.2 Å². The summed E-state index contributed by atoms with van der Waals surface area (Å²) >= 11 is 3.30. The van der Waals surface area contributed by atoms with E-state index in [0.717, 1.165) is 14.8 Å². The van der Waals surface area contributed by atoms with E-state index >= 15 is 0 Å². The molecule has 0 aliphatic carbocycles. The Kier molecular flexibility index (Phi) is 5.20. The van der Waals surface area contributed by atoms with Crippen LogP contribution in [0.15, 0.2) is 64.8 Å². The number of hydrogen-bond acceptors (Lipinski definition) is 4. The van der Waals surface area contributed by atoms with Crippen LogP contribution in [0.2, 0.25) is 0 Å². The summed E-state index contributed by atoms with van der Waals surface area (Å²) in [4.78, 5) is 49.8. The van der Waals surface area contributed by atoms with Gasteiger partial charge < -0.3 is 9.67 Å². The lowest BCUT2D eigenvalue weighted by molar-refractivity contribution is -0.140. The largest absolute Gasteiger partial charge is 0.480 e. The average Bonchev–Trinajstić information content (AvgIpc) is 3.15. The fourth-order valence-corrected chi connectivity index (χ4v) is 3.64. The Hall–Kier alpha value is -3.72. The average molecular weight is 482 g/mol. The molecule has 3 aromatic rings. The van der Waals surface area contributed by atoms with E-state index in [9.17, 15) is 24.3 Å². The highest BCUT2D eigenvalue weighted by Crippen LogP contribution is 2.26. The van der Waals surface area contributed by atoms with Gasteiger partial charge in [0.1, 0.15) is 11.6 Å². The summed E-state index contributed by atoms with van der Waals surface area (Å²) < 4.78 is 2.41. The van der Waals surface area contributed by atoms with Gasteiger partial charge >= 0.3 is 12.0 Å². The van der Waals surface area contributed by atoms with Gasteiger partial charge in [-0.3, -0.25) is 14.9 Å². The molecule has 31 heavy (non-hydrogen) atoms. The number of amides is 4. The maximum absolute atomic E-state index is 13.0. The highest BCUT2D eigenvalue weighted by atomic mass is 79.9. The van der Waals surface area contributed by atoms with Crippen molar-refractivity contribution in [3.63, 3.8) is 0 Å². The lowest BCUT2D eigenvalue weighted by Gasteiger charge is -2.26. The number of carboxylic acid groups (broad SMARTS) is 1. The van der Waals surface area contributed by atoms with Gasteiger partial charge in [-0.15, -0.1) is 0 Å². The zero-order valence-corrected chi connectivity index (χ0v) is 17.8. The molecule has 0 radical (unpaired) electrons. The molecule has 0 spiro atoms. The third kappa shape index (κ3) is 3.75. The van der Waals surface area contributed by atoms with Gasteiger partial charge in [-0.25, -0.2) is 14.5 Å². The maximum atomic E-state index is 13.0. The molecule has 4 amide bonds. The van der Waals surface area contributed by atoms with Gasteiger partial charge in [0.15, 0.2) is 0 Å². The minimum Gasteiger partial charge on any atom is -0.480 e. The number of carboxylic acids is 1. The first kappa shape index (κ1) is 20.5. The summed E-state index contributed by atoms with van der Waals surface area (Å²) in [5.41, 5.74) is 1.43. The van der Waals surface area contributed by atoms with Crippen LogP contribution in [-0.4, -0.2) is 33.5 Å². The van der Waals surface area contributed by atoms with Crippen LogP contribution in [0.1, 0.15) is 18.5 Å². The second-order valence-corrected chi connectivity index (χ2v) is 7.91. The van der Waals surface area contributed by atoms with Crippen molar-refractivity contribution in [2.75, 3.05) is 4.90 Å². The molecular weight excluding hydrogens is 466 g/mol.